The minimum absolute atomic E-state index is 0.327. The van der Waals surface area contributed by atoms with Crippen LogP contribution < -0.4 is 5.32 Å². The Kier molecular flexibility index (Phi) is 3.78. The van der Waals surface area contributed by atoms with Crippen molar-refractivity contribution in [3.05, 3.63) is 53.6 Å². The van der Waals surface area contributed by atoms with E-state index in [0.29, 0.717) is 18.4 Å². The first-order valence-electron chi connectivity index (χ1n) is 6.84. The molecule has 0 saturated carbocycles. The summed E-state index contributed by atoms with van der Waals surface area (Å²) in [6.45, 7) is -2.15. The van der Waals surface area contributed by atoms with Crippen LogP contribution in [0.5, 0.6) is 0 Å². The third-order valence-corrected chi connectivity index (χ3v) is 3.85. The lowest BCUT2D eigenvalue weighted by Crippen LogP contribution is -2.34. The normalized spacial score (nSPS) is 18.2. The van der Waals surface area contributed by atoms with Crippen molar-refractivity contribution in [1.29, 1.82) is 0 Å². The van der Waals surface area contributed by atoms with E-state index >= 15 is 0 Å². The summed E-state index contributed by atoms with van der Waals surface area (Å²) in [4.78, 5) is 3.99. The molecule has 20 heavy (non-hydrogen) atoms. The van der Waals surface area contributed by atoms with Gasteiger partial charge in [-0.05, 0) is 30.4 Å². The van der Waals surface area contributed by atoms with Gasteiger partial charge < -0.3 is 5.32 Å². The van der Waals surface area contributed by atoms with Crippen LogP contribution in [-0.2, 0) is 19.4 Å². The molecule has 1 atom stereocenters. The Morgan fingerprint density at radius 1 is 1.30 bits per heavy atom. The predicted octanol–water partition coefficient (Wildman–Crippen LogP) is 2.93. The van der Waals surface area contributed by atoms with Gasteiger partial charge in [0, 0.05) is 18.4 Å². The molecule has 0 amide bonds. The highest BCUT2D eigenvalue weighted by molar-refractivity contribution is 5.30. The Balaban J connectivity index is 1.61. The lowest BCUT2D eigenvalue weighted by molar-refractivity contribution is 0.0664. The Bertz CT molecular complexity index is 580. The molecule has 3 nitrogen and oxygen atoms in total. The van der Waals surface area contributed by atoms with Crippen molar-refractivity contribution in [1.82, 2.24) is 14.9 Å². The van der Waals surface area contributed by atoms with Crippen LogP contribution in [0.1, 0.15) is 29.9 Å². The van der Waals surface area contributed by atoms with E-state index in [1.165, 1.54) is 23.5 Å². The average molecular weight is 277 g/mol. The van der Waals surface area contributed by atoms with Crippen LogP contribution in [0, 0.1) is 0 Å². The predicted molar refractivity (Wildman–Crippen MR) is 72.6 cm³/mol. The topological polar surface area (TPSA) is 29.9 Å². The number of hydrogen-bond donors (Lipinski definition) is 1. The second-order valence-corrected chi connectivity index (χ2v) is 5.12. The molecule has 0 aliphatic heterocycles. The smallest absolute Gasteiger partial charge is 0.307 e. The number of halogens is 2. The van der Waals surface area contributed by atoms with Crippen molar-refractivity contribution in [2.45, 2.75) is 38.4 Å². The number of fused-ring (bicyclic) bond motifs is 1. The van der Waals surface area contributed by atoms with Crippen LogP contribution in [0.15, 0.2) is 36.7 Å². The molecule has 5 heteroatoms. The molecule has 0 saturated heterocycles. The number of aromatic nitrogens is 2. The van der Waals surface area contributed by atoms with Gasteiger partial charge in [-0.2, -0.15) is 8.78 Å². The first kappa shape index (κ1) is 13.2. The van der Waals surface area contributed by atoms with Crippen molar-refractivity contribution in [3.8, 4) is 0 Å². The highest BCUT2D eigenvalue weighted by Gasteiger charge is 2.19. The third kappa shape index (κ3) is 2.72. The number of alkyl halides is 2. The average Bonchev–Trinajstić information content (AvgIpc) is 2.93. The lowest BCUT2D eigenvalue weighted by Gasteiger charge is -2.25. The summed E-state index contributed by atoms with van der Waals surface area (Å²) >= 11 is 0. The monoisotopic (exact) mass is 277 g/mol. The third-order valence-electron chi connectivity index (χ3n) is 3.85. The van der Waals surface area contributed by atoms with Crippen LogP contribution in [0.3, 0.4) is 0 Å². The molecule has 1 aliphatic carbocycles. The van der Waals surface area contributed by atoms with E-state index in [9.17, 15) is 8.78 Å². The SMILES string of the molecule is FC(F)n1ccnc1CNC1CCc2ccccc2C1. The molecule has 0 spiro atoms. The summed E-state index contributed by atoms with van der Waals surface area (Å²) in [5, 5.41) is 3.34. The molecule has 1 aromatic heterocycles. The summed E-state index contributed by atoms with van der Waals surface area (Å²) in [5.41, 5.74) is 2.76. The van der Waals surface area contributed by atoms with E-state index in [-0.39, 0.29) is 0 Å². The standard InChI is InChI=1S/C15H17F2N3/c16-15(17)20-8-7-18-14(20)10-19-13-6-5-11-3-1-2-4-12(11)9-13/h1-4,7-8,13,15,19H,5-6,9-10H2. The summed E-state index contributed by atoms with van der Waals surface area (Å²) in [6.07, 6.45) is 5.76. The van der Waals surface area contributed by atoms with Gasteiger partial charge in [0.2, 0.25) is 0 Å². The molecule has 2 aromatic rings. The largest absolute Gasteiger partial charge is 0.319 e. The Morgan fingerprint density at radius 2 is 2.10 bits per heavy atom. The van der Waals surface area contributed by atoms with E-state index in [4.69, 9.17) is 0 Å². The molecule has 1 heterocycles. The second-order valence-electron chi connectivity index (χ2n) is 5.12. The van der Waals surface area contributed by atoms with Gasteiger partial charge in [-0.15, -0.1) is 0 Å². The van der Waals surface area contributed by atoms with Gasteiger partial charge in [0.15, 0.2) is 0 Å². The van der Waals surface area contributed by atoms with Gasteiger partial charge in [0.25, 0.3) is 0 Å². The maximum atomic E-state index is 12.7. The maximum Gasteiger partial charge on any atom is 0.319 e. The molecule has 1 N–H and O–H groups in total. The fraction of sp³-hybridized carbons (Fsp3) is 0.400. The second kappa shape index (κ2) is 5.71. The number of rotatable bonds is 4. The van der Waals surface area contributed by atoms with Gasteiger partial charge in [-0.1, -0.05) is 24.3 Å². The van der Waals surface area contributed by atoms with Gasteiger partial charge in [-0.3, -0.25) is 4.57 Å². The highest BCUT2D eigenvalue weighted by Crippen LogP contribution is 2.21. The molecular weight excluding hydrogens is 260 g/mol. The van der Waals surface area contributed by atoms with Crippen LogP contribution in [0.4, 0.5) is 8.78 Å². The van der Waals surface area contributed by atoms with Crippen molar-refractivity contribution in [2.75, 3.05) is 0 Å². The zero-order chi connectivity index (χ0) is 13.9. The zero-order valence-corrected chi connectivity index (χ0v) is 11.1. The first-order valence-corrected chi connectivity index (χ1v) is 6.84. The van der Waals surface area contributed by atoms with Crippen LogP contribution in [0.25, 0.3) is 0 Å². The van der Waals surface area contributed by atoms with Crippen molar-refractivity contribution < 1.29 is 8.78 Å². The fourth-order valence-corrected chi connectivity index (χ4v) is 2.77. The van der Waals surface area contributed by atoms with Crippen molar-refractivity contribution >= 4 is 0 Å². The minimum Gasteiger partial charge on any atom is -0.307 e. The number of aryl methyl sites for hydroxylation is 1. The van der Waals surface area contributed by atoms with Gasteiger partial charge >= 0.3 is 6.55 Å². The number of nitrogens with zero attached hydrogens (tertiary/aromatic N) is 2. The summed E-state index contributed by atoms with van der Waals surface area (Å²) < 4.78 is 26.3. The van der Waals surface area contributed by atoms with Crippen LogP contribution in [0.2, 0.25) is 0 Å². The van der Waals surface area contributed by atoms with Gasteiger partial charge in [-0.25, -0.2) is 4.98 Å². The van der Waals surface area contributed by atoms with Crippen LogP contribution >= 0.6 is 0 Å². The molecule has 3 rings (SSSR count). The van der Waals surface area contributed by atoms with E-state index in [2.05, 4.69) is 28.5 Å². The number of benzene rings is 1. The van der Waals surface area contributed by atoms with Crippen LogP contribution in [-0.4, -0.2) is 15.6 Å². The lowest BCUT2D eigenvalue weighted by atomic mass is 9.88. The molecule has 0 bridgehead atoms. The molecule has 1 aromatic carbocycles. The molecule has 106 valence electrons. The Hall–Kier alpha value is -1.75. The maximum absolute atomic E-state index is 12.7. The molecular formula is C15H17F2N3. The summed E-state index contributed by atoms with van der Waals surface area (Å²) in [5.74, 6) is 0.388. The number of imidazole rings is 1. The van der Waals surface area contributed by atoms with E-state index in [1.807, 2.05) is 6.07 Å². The fourth-order valence-electron chi connectivity index (χ4n) is 2.77. The molecule has 0 fully saturated rings. The highest BCUT2D eigenvalue weighted by atomic mass is 19.3. The molecule has 1 unspecified atom stereocenters. The number of nitrogens with one attached hydrogen (secondary N) is 1. The Labute approximate surface area is 116 Å². The van der Waals surface area contributed by atoms with E-state index < -0.39 is 6.55 Å². The summed E-state index contributed by atoms with van der Waals surface area (Å²) in [6, 6.07) is 8.74. The quantitative estimate of drug-likeness (QED) is 0.931. The van der Waals surface area contributed by atoms with Gasteiger partial charge in [0.1, 0.15) is 5.82 Å². The van der Waals surface area contributed by atoms with Crippen molar-refractivity contribution in [3.63, 3.8) is 0 Å². The molecule has 0 radical (unpaired) electrons. The first-order chi connectivity index (χ1) is 9.74. The van der Waals surface area contributed by atoms with E-state index in [1.54, 1.807) is 0 Å². The van der Waals surface area contributed by atoms with E-state index in [0.717, 1.165) is 23.8 Å². The zero-order valence-electron chi connectivity index (χ0n) is 11.1. The Morgan fingerprint density at radius 3 is 2.90 bits per heavy atom. The van der Waals surface area contributed by atoms with Gasteiger partial charge in [0.05, 0.1) is 6.54 Å². The molecule has 1 aliphatic rings. The number of hydrogen-bond acceptors (Lipinski definition) is 2. The van der Waals surface area contributed by atoms with Crippen molar-refractivity contribution in [2.24, 2.45) is 0 Å². The summed E-state index contributed by atoms with van der Waals surface area (Å²) in [7, 11) is 0. The minimum atomic E-state index is -2.53.